The van der Waals surface area contributed by atoms with Crippen LogP contribution in [0.4, 0.5) is 0 Å². The lowest BCUT2D eigenvalue weighted by atomic mass is 10.0. The highest BCUT2D eigenvalue weighted by molar-refractivity contribution is 7.99. The van der Waals surface area contributed by atoms with E-state index in [1.165, 1.54) is 4.90 Å². The highest BCUT2D eigenvalue weighted by atomic mass is 35.5. The van der Waals surface area contributed by atoms with Gasteiger partial charge in [-0.05, 0) is 50.2 Å². The minimum absolute atomic E-state index is 0. The first-order valence-electron chi connectivity index (χ1n) is 7.32. The fraction of sp³-hybridized carbons (Fsp3) is 0.562. The smallest absolute Gasteiger partial charge is 0.253 e. The average molecular weight is 329 g/mol. The third-order valence-electron chi connectivity index (χ3n) is 3.65. The van der Waals surface area contributed by atoms with Crippen LogP contribution in [-0.2, 0) is 0 Å². The van der Waals surface area contributed by atoms with Crippen LogP contribution in [0.25, 0.3) is 0 Å². The number of hydrogen-bond donors (Lipinski definition) is 1. The van der Waals surface area contributed by atoms with Crippen molar-refractivity contribution in [3.05, 3.63) is 29.8 Å². The Hall–Kier alpha value is -0.710. The van der Waals surface area contributed by atoms with E-state index >= 15 is 0 Å². The van der Waals surface area contributed by atoms with E-state index in [1.807, 2.05) is 48.0 Å². The summed E-state index contributed by atoms with van der Waals surface area (Å²) in [5, 5.41) is 3.90. The van der Waals surface area contributed by atoms with Crippen molar-refractivity contribution in [2.24, 2.45) is 0 Å². The van der Waals surface area contributed by atoms with Crippen molar-refractivity contribution in [2.45, 2.75) is 42.9 Å². The zero-order valence-corrected chi connectivity index (χ0v) is 14.6. The van der Waals surface area contributed by atoms with Crippen LogP contribution >= 0.6 is 24.2 Å². The maximum Gasteiger partial charge on any atom is 0.253 e. The number of thioether (sulfide) groups is 1. The van der Waals surface area contributed by atoms with Gasteiger partial charge in [0.25, 0.3) is 5.91 Å². The topological polar surface area (TPSA) is 32.3 Å². The molecule has 0 unspecified atom stereocenters. The molecule has 0 aromatic heterocycles. The Morgan fingerprint density at radius 2 is 1.81 bits per heavy atom. The van der Waals surface area contributed by atoms with Crippen LogP contribution in [0.2, 0.25) is 0 Å². The van der Waals surface area contributed by atoms with E-state index in [1.54, 1.807) is 0 Å². The second-order valence-corrected chi connectivity index (χ2v) is 7.24. The van der Waals surface area contributed by atoms with Gasteiger partial charge in [0.15, 0.2) is 0 Å². The number of benzene rings is 1. The number of rotatable bonds is 4. The van der Waals surface area contributed by atoms with Crippen LogP contribution in [-0.4, -0.2) is 42.2 Å². The molecule has 0 atom stereocenters. The molecule has 5 heteroatoms. The summed E-state index contributed by atoms with van der Waals surface area (Å²) in [5.74, 6) is 0.137. The predicted octanol–water partition coefficient (Wildman–Crippen LogP) is 3.43. The third kappa shape index (κ3) is 5.20. The number of nitrogens with one attached hydrogen (secondary N) is 1. The largest absolute Gasteiger partial charge is 0.339 e. The molecule has 0 bridgehead atoms. The Bertz CT molecular complexity index is 444. The van der Waals surface area contributed by atoms with Gasteiger partial charge in [0.2, 0.25) is 0 Å². The number of piperidine rings is 1. The first kappa shape index (κ1) is 18.3. The molecule has 21 heavy (non-hydrogen) atoms. The maximum atomic E-state index is 12.5. The molecular formula is C16H25ClN2OS. The molecule has 1 aromatic carbocycles. The highest BCUT2D eigenvalue weighted by Crippen LogP contribution is 2.23. The fourth-order valence-corrected chi connectivity index (χ4v) is 3.35. The normalized spacial score (nSPS) is 15.6. The standard InChI is InChI=1S/C16H24N2OS.ClH/c1-12(2)20-15-6-4-13(5-7-15)16(19)18(3)14-8-10-17-11-9-14;/h4-7,12,14,17H,8-11H2,1-3H3;1H. The van der Waals surface area contributed by atoms with Crippen molar-refractivity contribution in [3.8, 4) is 0 Å². The number of carbonyl (C=O) groups is 1. The first-order chi connectivity index (χ1) is 9.58. The lowest BCUT2D eigenvalue weighted by molar-refractivity contribution is 0.0703. The minimum Gasteiger partial charge on any atom is -0.339 e. The number of nitrogens with zero attached hydrogens (tertiary/aromatic N) is 1. The van der Waals surface area contributed by atoms with E-state index in [0.717, 1.165) is 31.5 Å². The summed E-state index contributed by atoms with van der Waals surface area (Å²) in [6, 6.07) is 8.37. The van der Waals surface area contributed by atoms with Gasteiger partial charge in [-0.2, -0.15) is 0 Å². The molecular weight excluding hydrogens is 304 g/mol. The minimum atomic E-state index is 0. The van der Waals surface area contributed by atoms with Crippen LogP contribution in [0.15, 0.2) is 29.2 Å². The second-order valence-electron chi connectivity index (χ2n) is 5.59. The molecule has 0 saturated carbocycles. The highest BCUT2D eigenvalue weighted by Gasteiger charge is 2.22. The van der Waals surface area contributed by atoms with Crippen LogP contribution in [0.5, 0.6) is 0 Å². The summed E-state index contributed by atoms with van der Waals surface area (Å²) in [7, 11) is 1.93. The van der Waals surface area contributed by atoms with E-state index in [9.17, 15) is 4.79 Å². The number of hydrogen-bond acceptors (Lipinski definition) is 3. The number of carbonyl (C=O) groups excluding carboxylic acids is 1. The Kier molecular flexibility index (Phi) is 7.57. The monoisotopic (exact) mass is 328 g/mol. The summed E-state index contributed by atoms with van der Waals surface area (Å²) < 4.78 is 0. The van der Waals surface area contributed by atoms with Crippen molar-refractivity contribution < 1.29 is 4.79 Å². The van der Waals surface area contributed by atoms with Gasteiger partial charge in [0.1, 0.15) is 0 Å². The molecule has 1 aliphatic heterocycles. The lowest BCUT2D eigenvalue weighted by Crippen LogP contribution is -2.43. The van der Waals surface area contributed by atoms with Gasteiger partial charge < -0.3 is 10.2 Å². The quantitative estimate of drug-likeness (QED) is 0.859. The molecule has 1 heterocycles. The zero-order chi connectivity index (χ0) is 14.5. The molecule has 1 N–H and O–H groups in total. The second kappa shape index (κ2) is 8.66. The molecule has 118 valence electrons. The van der Waals surface area contributed by atoms with Gasteiger partial charge in [-0.3, -0.25) is 4.79 Å². The lowest BCUT2D eigenvalue weighted by Gasteiger charge is -2.31. The predicted molar refractivity (Wildman–Crippen MR) is 92.7 cm³/mol. The Morgan fingerprint density at radius 1 is 1.24 bits per heavy atom. The van der Waals surface area contributed by atoms with Gasteiger partial charge >= 0.3 is 0 Å². The molecule has 0 aliphatic carbocycles. The zero-order valence-electron chi connectivity index (χ0n) is 13.0. The van der Waals surface area contributed by atoms with E-state index in [4.69, 9.17) is 0 Å². The summed E-state index contributed by atoms with van der Waals surface area (Å²) in [6.45, 7) is 6.36. The fourth-order valence-electron chi connectivity index (χ4n) is 2.51. The molecule has 1 aliphatic rings. The van der Waals surface area contributed by atoms with E-state index in [2.05, 4.69) is 19.2 Å². The average Bonchev–Trinajstić information content (AvgIpc) is 2.47. The molecule has 1 fully saturated rings. The van der Waals surface area contributed by atoms with Crippen molar-refractivity contribution in [1.82, 2.24) is 10.2 Å². The van der Waals surface area contributed by atoms with Crippen molar-refractivity contribution >= 4 is 30.1 Å². The molecule has 1 aromatic rings. The summed E-state index contributed by atoms with van der Waals surface area (Å²) in [4.78, 5) is 15.6. The van der Waals surface area contributed by atoms with Gasteiger partial charge in [-0.15, -0.1) is 24.2 Å². The van der Waals surface area contributed by atoms with Gasteiger partial charge in [-0.1, -0.05) is 13.8 Å². The third-order valence-corrected chi connectivity index (χ3v) is 4.67. The van der Waals surface area contributed by atoms with Crippen LogP contribution in [0.3, 0.4) is 0 Å². The number of halogens is 1. The molecule has 0 spiro atoms. The van der Waals surface area contributed by atoms with Gasteiger partial charge in [-0.25, -0.2) is 0 Å². The number of amides is 1. The van der Waals surface area contributed by atoms with E-state index < -0.39 is 0 Å². The summed E-state index contributed by atoms with van der Waals surface area (Å²) in [5.41, 5.74) is 0.791. The maximum absolute atomic E-state index is 12.5. The molecule has 2 rings (SSSR count). The summed E-state index contributed by atoms with van der Waals surface area (Å²) >= 11 is 1.82. The SMILES string of the molecule is CC(C)Sc1ccc(C(=O)N(C)C2CCNCC2)cc1.Cl. The van der Waals surface area contributed by atoms with Gasteiger partial charge in [0.05, 0.1) is 0 Å². The molecule has 3 nitrogen and oxygen atoms in total. The van der Waals surface area contributed by atoms with Crippen LogP contribution in [0.1, 0.15) is 37.0 Å². The van der Waals surface area contributed by atoms with E-state index in [0.29, 0.717) is 11.3 Å². The Balaban J connectivity index is 0.00000220. The Labute approximate surface area is 138 Å². The molecule has 1 saturated heterocycles. The van der Waals surface area contributed by atoms with Crippen LogP contribution < -0.4 is 5.32 Å². The van der Waals surface area contributed by atoms with Crippen molar-refractivity contribution in [1.29, 1.82) is 0 Å². The summed E-state index contributed by atoms with van der Waals surface area (Å²) in [6.07, 6.45) is 2.09. The van der Waals surface area contributed by atoms with Crippen molar-refractivity contribution in [3.63, 3.8) is 0 Å². The van der Waals surface area contributed by atoms with Gasteiger partial charge in [0, 0.05) is 28.8 Å². The molecule has 1 amide bonds. The Morgan fingerprint density at radius 3 is 2.33 bits per heavy atom. The van der Waals surface area contributed by atoms with E-state index in [-0.39, 0.29) is 18.3 Å². The van der Waals surface area contributed by atoms with Crippen LogP contribution in [0, 0.1) is 0 Å². The van der Waals surface area contributed by atoms with Crippen molar-refractivity contribution in [2.75, 3.05) is 20.1 Å². The first-order valence-corrected chi connectivity index (χ1v) is 8.20. The molecule has 0 radical (unpaired) electrons.